The van der Waals surface area contributed by atoms with Crippen LogP contribution in [-0.2, 0) is 0 Å². The van der Waals surface area contributed by atoms with E-state index in [0.717, 1.165) is 16.7 Å². The molecule has 0 heterocycles. The van der Waals surface area contributed by atoms with Gasteiger partial charge in [0.2, 0.25) is 0 Å². The molecule has 0 radical (unpaired) electrons. The Kier molecular flexibility index (Phi) is 2.27. The summed E-state index contributed by atoms with van der Waals surface area (Å²) in [7, 11) is 5.07. The lowest BCUT2D eigenvalue weighted by atomic mass is 9.36. The van der Waals surface area contributed by atoms with Crippen LogP contribution in [0, 0.1) is 22.2 Å². The molecule has 0 N–H and O–H groups in total. The third-order valence-corrected chi connectivity index (χ3v) is 7.81. The molecule has 3 unspecified atom stereocenters. The maximum atomic E-state index is 2.53. The molecule has 0 aromatic heterocycles. The van der Waals surface area contributed by atoms with Crippen molar-refractivity contribution in [3.8, 4) is 0 Å². The molecule has 0 nitrogen and oxygen atoms in total. The molecule has 0 bridgehead atoms. The third kappa shape index (κ3) is 1.33. The lowest BCUT2D eigenvalue weighted by Gasteiger charge is -2.56. The average molecular weight is 230 g/mol. The first-order chi connectivity index (χ1) is 7.79. The van der Waals surface area contributed by atoms with Crippen LogP contribution in [0.4, 0.5) is 0 Å². The van der Waals surface area contributed by atoms with E-state index in [1.54, 1.807) is 32.1 Å². The Balaban J connectivity index is 1.80. The first-order valence-electron chi connectivity index (χ1n) is 7.79. The summed E-state index contributed by atoms with van der Waals surface area (Å²) in [6, 6.07) is 0. The zero-order valence-corrected chi connectivity index (χ0v) is 12.5. The van der Waals surface area contributed by atoms with Crippen molar-refractivity contribution in [2.45, 2.75) is 70.9 Å². The maximum absolute atomic E-state index is 2.53. The van der Waals surface area contributed by atoms with Crippen molar-refractivity contribution in [1.82, 2.24) is 0 Å². The van der Waals surface area contributed by atoms with Crippen LogP contribution in [0.5, 0.6) is 0 Å². The number of rotatable bonds is 4. The molecule has 0 aliphatic heterocycles. The van der Waals surface area contributed by atoms with E-state index < -0.39 is 0 Å². The summed E-state index contributed by atoms with van der Waals surface area (Å²) < 4.78 is 0. The van der Waals surface area contributed by atoms with Gasteiger partial charge < -0.3 is 0 Å². The van der Waals surface area contributed by atoms with E-state index in [2.05, 4.69) is 36.5 Å². The van der Waals surface area contributed by atoms with Crippen molar-refractivity contribution in [3.05, 3.63) is 0 Å². The van der Waals surface area contributed by atoms with Gasteiger partial charge in [-0.3, -0.25) is 0 Å². The second-order valence-corrected chi connectivity index (χ2v) is 8.67. The Morgan fingerprint density at radius 3 is 2.29 bits per heavy atom. The highest BCUT2D eigenvalue weighted by atomic mass is 14.8. The molecule has 3 atom stereocenters. The van der Waals surface area contributed by atoms with Crippen molar-refractivity contribution in [3.63, 3.8) is 0 Å². The molecule has 0 aromatic carbocycles. The van der Waals surface area contributed by atoms with Gasteiger partial charge in [0, 0.05) is 0 Å². The van der Waals surface area contributed by atoms with Crippen LogP contribution in [-0.4, -0.2) is 15.7 Å². The van der Waals surface area contributed by atoms with Gasteiger partial charge >= 0.3 is 0 Å². The van der Waals surface area contributed by atoms with Gasteiger partial charge in [-0.2, -0.15) is 0 Å². The van der Waals surface area contributed by atoms with Gasteiger partial charge in [-0.05, 0) is 54.3 Å². The molecule has 3 aliphatic rings. The Bertz CT molecular complexity index is 341. The van der Waals surface area contributed by atoms with Gasteiger partial charge in [-0.15, -0.1) is 0 Å². The standard InChI is InChI=1S/C15H28B2/c1-4-12(2,3)15(16,17)10-13-6-5-11-9-14(11,13)8-7-13/h11H,4-10,16-17H2,1-3H3. The van der Waals surface area contributed by atoms with Gasteiger partial charge in [-0.1, -0.05) is 38.8 Å². The molecule has 94 valence electrons. The predicted molar refractivity (Wildman–Crippen MR) is 79.9 cm³/mol. The van der Waals surface area contributed by atoms with E-state index >= 15 is 0 Å². The molecule has 3 saturated carbocycles. The summed E-state index contributed by atoms with van der Waals surface area (Å²) in [5.74, 6) is 1.15. The fraction of sp³-hybridized carbons (Fsp3) is 1.00. The summed E-state index contributed by atoms with van der Waals surface area (Å²) in [6.45, 7) is 7.33. The van der Waals surface area contributed by atoms with E-state index in [1.807, 2.05) is 0 Å². The molecular formula is C15H28B2. The third-order valence-electron chi connectivity index (χ3n) is 7.81. The van der Waals surface area contributed by atoms with Gasteiger partial charge in [0.15, 0.2) is 0 Å². The average Bonchev–Trinajstić information content (AvgIpc) is 2.95. The van der Waals surface area contributed by atoms with Gasteiger partial charge in [0.1, 0.15) is 0 Å². The largest absolute Gasteiger partial charge is 0.0999 e. The van der Waals surface area contributed by atoms with Gasteiger partial charge in [0.25, 0.3) is 0 Å². The summed E-state index contributed by atoms with van der Waals surface area (Å²) >= 11 is 0. The predicted octanol–water partition coefficient (Wildman–Crippen LogP) is 2.78. The highest BCUT2D eigenvalue weighted by Gasteiger charge is 2.75. The molecule has 0 saturated heterocycles. The van der Waals surface area contributed by atoms with Crippen LogP contribution in [0.15, 0.2) is 0 Å². The van der Waals surface area contributed by atoms with Crippen molar-refractivity contribution in [2.75, 3.05) is 0 Å². The highest BCUT2D eigenvalue weighted by molar-refractivity contribution is 6.40. The Labute approximate surface area is 109 Å². The summed E-state index contributed by atoms with van der Waals surface area (Å²) in [4.78, 5) is 0. The Morgan fingerprint density at radius 2 is 1.88 bits per heavy atom. The lowest BCUT2D eigenvalue weighted by Crippen LogP contribution is -2.46. The topological polar surface area (TPSA) is 0 Å². The lowest BCUT2D eigenvalue weighted by molar-refractivity contribution is -0.00687. The summed E-state index contributed by atoms with van der Waals surface area (Å²) in [5, 5.41) is 0.507. The maximum Gasteiger partial charge on any atom is 0.0999 e. The van der Waals surface area contributed by atoms with Gasteiger partial charge in [0.05, 0.1) is 15.7 Å². The second-order valence-electron chi connectivity index (χ2n) is 8.67. The monoisotopic (exact) mass is 230 g/mol. The minimum absolute atomic E-state index is 0.492. The second kappa shape index (κ2) is 3.17. The number of hydrogen-bond donors (Lipinski definition) is 0. The molecule has 3 aliphatic carbocycles. The molecule has 3 fully saturated rings. The SMILES string of the molecule is BC(B)(CC12CCC3CC31CC2)C(C)(C)CC. The van der Waals surface area contributed by atoms with Crippen molar-refractivity contribution < 1.29 is 0 Å². The van der Waals surface area contributed by atoms with E-state index in [4.69, 9.17) is 0 Å². The quantitative estimate of drug-likeness (QED) is 0.651. The summed E-state index contributed by atoms with van der Waals surface area (Å²) in [5.41, 5.74) is 2.15. The van der Waals surface area contributed by atoms with Crippen LogP contribution in [0.1, 0.15) is 65.7 Å². The van der Waals surface area contributed by atoms with Crippen LogP contribution in [0.3, 0.4) is 0 Å². The van der Waals surface area contributed by atoms with Crippen molar-refractivity contribution >= 4 is 15.7 Å². The molecule has 3 rings (SSSR count). The van der Waals surface area contributed by atoms with E-state index in [-0.39, 0.29) is 0 Å². The molecule has 17 heavy (non-hydrogen) atoms. The zero-order chi connectivity index (χ0) is 12.5. The minimum Gasteiger partial charge on any atom is -0.0791 e. The van der Waals surface area contributed by atoms with E-state index in [0.29, 0.717) is 10.6 Å². The normalized spacial score (nSPS) is 43.8. The Hall–Kier alpha value is 0.130. The molecule has 2 heteroatoms. The van der Waals surface area contributed by atoms with Gasteiger partial charge in [-0.25, -0.2) is 0 Å². The fourth-order valence-electron chi connectivity index (χ4n) is 5.26. The van der Waals surface area contributed by atoms with Crippen LogP contribution in [0.2, 0.25) is 5.21 Å². The first kappa shape index (κ1) is 12.2. The van der Waals surface area contributed by atoms with Crippen molar-refractivity contribution in [2.24, 2.45) is 22.2 Å². The van der Waals surface area contributed by atoms with Crippen LogP contribution >= 0.6 is 0 Å². The summed E-state index contributed by atoms with van der Waals surface area (Å²) in [6.07, 6.45) is 10.6. The van der Waals surface area contributed by atoms with Crippen molar-refractivity contribution in [1.29, 1.82) is 0 Å². The fourth-order valence-corrected chi connectivity index (χ4v) is 5.26. The molecular weight excluding hydrogens is 202 g/mol. The highest BCUT2D eigenvalue weighted by Crippen LogP contribution is 2.84. The van der Waals surface area contributed by atoms with E-state index in [1.165, 1.54) is 12.8 Å². The zero-order valence-electron chi connectivity index (χ0n) is 12.5. The van der Waals surface area contributed by atoms with E-state index in [9.17, 15) is 0 Å². The Morgan fingerprint density at radius 1 is 1.18 bits per heavy atom. The molecule has 1 spiro atoms. The minimum atomic E-state index is 0.492. The molecule has 0 aromatic rings. The first-order valence-corrected chi connectivity index (χ1v) is 7.79. The van der Waals surface area contributed by atoms with Crippen LogP contribution < -0.4 is 0 Å². The smallest absolute Gasteiger partial charge is 0.0791 e. The molecule has 0 amide bonds. The van der Waals surface area contributed by atoms with Crippen LogP contribution in [0.25, 0.3) is 0 Å². The number of hydrogen-bond acceptors (Lipinski definition) is 0.